The Bertz CT molecular complexity index is 1210. The Morgan fingerprint density at radius 1 is 1.10 bits per heavy atom. The molecule has 4 rings (SSSR count). The number of hydrogen-bond acceptors (Lipinski definition) is 5. The molecule has 4 aromatic rings. The number of hydrogen-bond donors (Lipinski definition) is 0. The number of aryl methyl sites for hydroxylation is 1. The van der Waals surface area contributed by atoms with Gasteiger partial charge in [-0.2, -0.15) is 8.78 Å². The molecule has 2 aromatic carbocycles. The van der Waals surface area contributed by atoms with Crippen molar-refractivity contribution in [2.24, 2.45) is 0 Å². The van der Waals surface area contributed by atoms with Crippen molar-refractivity contribution in [3.05, 3.63) is 64.4 Å². The summed E-state index contributed by atoms with van der Waals surface area (Å²) >= 11 is 1.46. The van der Waals surface area contributed by atoms with Gasteiger partial charge in [0, 0.05) is 12.3 Å². The third kappa shape index (κ3) is 3.82. The van der Waals surface area contributed by atoms with Crippen LogP contribution in [0.15, 0.2) is 58.5 Å². The van der Waals surface area contributed by atoms with Gasteiger partial charge in [0.15, 0.2) is 5.16 Å². The normalized spacial score (nSPS) is 11.6. The molecule has 0 unspecified atom stereocenters. The molecule has 0 N–H and O–H groups in total. The van der Waals surface area contributed by atoms with Gasteiger partial charge in [-0.1, -0.05) is 43.0 Å². The molecule has 0 saturated carbocycles. The highest BCUT2D eigenvalue weighted by atomic mass is 32.2. The molecule has 0 saturated heterocycles. The van der Waals surface area contributed by atoms with Crippen molar-refractivity contribution in [2.45, 2.75) is 37.4 Å². The summed E-state index contributed by atoms with van der Waals surface area (Å²) in [5.74, 6) is 1.20. The SMILES string of the molecule is CCCn1c(=O)c2ccccc2n2c(SCc3ccc(OC(F)F)cc3)nnc12. The maximum absolute atomic E-state index is 12.8. The molecular formula is C20H18F2N4O2S. The highest BCUT2D eigenvalue weighted by Gasteiger charge is 2.16. The zero-order valence-corrected chi connectivity index (χ0v) is 16.4. The van der Waals surface area contributed by atoms with Gasteiger partial charge in [0.1, 0.15) is 5.75 Å². The predicted molar refractivity (Wildman–Crippen MR) is 108 cm³/mol. The van der Waals surface area contributed by atoms with E-state index in [9.17, 15) is 13.6 Å². The molecule has 9 heteroatoms. The van der Waals surface area contributed by atoms with Gasteiger partial charge in [-0.15, -0.1) is 10.2 Å². The maximum atomic E-state index is 12.8. The van der Waals surface area contributed by atoms with Crippen LogP contribution in [0.4, 0.5) is 8.78 Å². The lowest BCUT2D eigenvalue weighted by atomic mass is 10.2. The first kappa shape index (κ1) is 19.4. The number of benzene rings is 2. The van der Waals surface area contributed by atoms with Crippen molar-refractivity contribution < 1.29 is 13.5 Å². The van der Waals surface area contributed by atoms with Crippen molar-refractivity contribution in [1.29, 1.82) is 0 Å². The number of thioether (sulfide) groups is 1. The van der Waals surface area contributed by atoms with E-state index in [0.717, 1.165) is 17.5 Å². The highest BCUT2D eigenvalue weighted by Crippen LogP contribution is 2.26. The Morgan fingerprint density at radius 3 is 2.59 bits per heavy atom. The largest absolute Gasteiger partial charge is 0.435 e. The van der Waals surface area contributed by atoms with Crippen LogP contribution in [0, 0.1) is 0 Å². The summed E-state index contributed by atoms with van der Waals surface area (Å²) in [5.41, 5.74) is 1.61. The average Bonchev–Trinajstić information content (AvgIpc) is 3.14. The number of aromatic nitrogens is 4. The molecule has 0 aliphatic heterocycles. The Labute approximate surface area is 169 Å². The molecule has 29 heavy (non-hydrogen) atoms. The zero-order chi connectivity index (χ0) is 20.4. The lowest BCUT2D eigenvalue weighted by Crippen LogP contribution is -2.23. The van der Waals surface area contributed by atoms with Crippen LogP contribution in [0.1, 0.15) is 18.9 Å². The lowest BCUT2D eigenvalue weighted by Gasteiger charge is -2.10. The van der Waals surface area contributed by atoms with Gasteiger partial charge in [0.2, 0.25) is 5.78 Å². The van der Waals surface area contributed by atoms with E-state index in [1.54, 1.807) is 22.8 Å². The van der Waals surface area contributed by atoms with Crippen LogP contribution in [0.2, 0.25) is 0 Å². The van der Waals surface area contributed by atoms with E-state index in [1.165, 1.54) is 23.9 Å². The van der Waals surface area contributed by atoms with E-state index in [4.69, 9.17) is 0 Å². The number of fused-ring (bicyclic) bond motifs is 3. The molecule has 0 fully saturated rings. The molecule has 0 aliphatic rings. The smallest absolute Gasteiger partial charge is 0.387 e. The van der Waals surface area contributed by atoms with Crippen LogP contribution in [-0.2, 0) is 12.3 Å². The van der Waals surface area contributed by atoms with Crippen molar-refractivity contribution in [3.63, 3.8) is 0 Å². The van der Waals surface area contributed by atoms with Gasteiger partial charge >= 0.3 is 6.61 Å². The molecule has 0 radical (unpaired) electrons. The first-order valence-electron chi connectivity index (χ1n) is 9.11. The number of alkyl halides is 2. The first-order valence-corrected chi connectivity index (χ1v) is 10.1. The molecule has 0 atom stereocenters. The molecule has 0 aliphatic carbocycles. The molecule has 2 aromatic heterocycles. The van der Waals surface area contributed by atoms with Crippen LogP contribution in [0.25, 0.3) is 16.7 Å². The number of para-hydroxylation sites is 1. The molecule has 0 amide bonds. The molecular weight excluding hydrogens is 398 g/mol. The second-order valence-electron chi connectivity index (χ2n) is 6.40. The molecule has 0 spiro atoms. The zero-order valence-electron chi connectivity index (χ0n) is 15.6. The third-order valence-electron chi connectivity index (χ3n) is 4.44. The quantitative estimate of drug-likeness (QED) is 0.419. The Kier molecular flexibility index (Phi) is 5.48. The summed E-state index contributed by atoms with van der Waals surface area (Å²) in [6, 6.07) is 13.9. The van der Waals surface area contributed by atoms with Gasteiger partial charge in [-0.3, -0.25) is 13.8 Å². The van der Waals surface area contributed by atoms with Gasteiger partial charge in [0.25, 0.3) is 5.56 Å². The number of halogens is 2. The van der Waals surface area contributed by atoms with E-state index >= 15 is 0 Å². The summed E-state index contributed by atoms with van der Waals surface area (Å²) in [4.78, 5) is 12.8. The standard InChI is InChI=1S/C20H18F2N4O2S/c1-2-11-25-17(27)15-5-3-4-6-16(15)26-19(25)23-24-20(26)29-12-13-7-9-14(10-8-13)28-18(21)22/h3-10,18H,2,11-12H2,1H3. The molecule has 0 bridgehead atoms. The summed E-state index contributed by atoms with van der Waals surface area (Å²) in [5, 5.41) is 9.83. The second kappa shape index (κ2) is 8.20. The van der Waals surface area contributed by atoms with E-state index < -0.39 is 6.61 Å². The molecule has 6 nitrogen and oxygen atoms in total. The highest BCUT2D eigenvalue weighted by molar-refractivity contribution is 7.98. The third-order valence-corrected chi connectivity index (χ3v) is 5.44. The van der Waals surface area contributed by atoms with Crippen molar-refractivity contribution in [1.82, 2.24) is 19.2 Å². The van der Waals surface area contributed by atoms with Crippen molar-refractivity contribution in [2.75, 3.05) is 0 Å². The first-order chi connectivity index (χ1) is 14.1. The number of ether oxygens (including phenoxy) is 1. The molecule has 150 valence electrons. The average molecular weight is 416 g/mol. The summed E-state index contributed by atoms with van der Waals surface area (Å²) < 4.78 is 32.5. The van der Waals surface area contributed by atoms with Crippen LogP contribution in [0.5, 0.6) is 5.75 Å². The second-order valence-corrected chi connectivity index (χ2v) is 7.35. The van der Waals surface area contributed by atoms with E-state index in [2.05, 4.69) is 14.9 Å². The number of nitrogens with zero attached hydrogens (tertiary/aromatic N) is 4. The van der Waals surface area contributed by atoms with Gasteiger partial charge < -0.3 is 4.74 Å². The molecule has 2 heterocycles. The Hall–Kier alpha value is -2.94. The summed E-state index contributed by atoms with van der Waals surface area (Å²) in [6.45, 7) is -0.278. The van der Waals surface area contributed by atoms with Gasteiger partial charge in [0.05, 0.1) is 10.9 Å². The fraction of sp³-hybridized carbons (Fsp3) is 0.250. The van der Waals surface area contributed by atoms with E-state index in [1.807, 2.05) is 29.5 Å². The van der Waals surface area contributed by atoms with Gasteiger partial charge in [-0.05, 0) is 36.2 Å². The topological polar surface area (TPSA) is 61.4 Å². The van der Waals surface area contributed by atoms with E-state index in [-0.39, 0.29) is 11.3 Å². The van der Waals surface area contributed by atoms with Crippen LogP contribution in [-0.4, -0.2) is 25.8 Å². The minimum Gasteiger partial charge on any atom is -0.435 e. The predicted octanol–water partition coefficient (Wildman–Crippen LogP) is 4.35. The Morgan fingerprint density at radius 2 is 1.86 bits per heavy atom. The minimum absolute atomic E-state index is 0.0754. The fourth-order valence-corrected chi connectivity index (χ4v) is 4.06. The van der Waals surface area contributed by atoms with Crippen molar-refractivity contribution >= 4 is 28.4 Å². The van der Waals surface area contributed by atoms with E-state index in [0.29, 0.717) is 28.6 Å². The number of rotatable bonds is 7. The van der Waals surface area contributed by atoms with Gasteiger partial charge in [-0.25, -0.2) is 0 Å². The summed E-state index contributed by atoms with van der Waals surface area (Å²) in [7, 11) is 0. The minimum atomic E-state index is -2.84. The van der Waals surface area contributed by atoms with Crippen molar-refractivity contribution in [3.8, 4) is 5.75 Å². The Balaban J connectivity index is 1.69. The van der Waals surface area contributed by atoms with Crippen LogP contribution in [0.3, 0.4) is 0 Å². The lowest BCUT2D eigenvalue weighted by molar-refractivity contribution is -0.0498. The summed E-state index contributed by atoms with van der Waals surface area (Å²) in [6.07, 6.45) is 0.802. The van der Waals surface area contributed by atoms with Crippen LogP contribution < -0.4 is 10.3 Å². The monoisotopic (exact) mass is 416 g/mol. The fourth-order valence-electron chi connectivity index (χ4n) is 3.17. The maximum Gasteiger partial charge on any atom is 0.387 e. The van der Waals surface area contributed by atoms with Crippen LogP contribution >= 0.6 is 11.8 Å².